The summed E-state index contributed by atoms with van der Waals surface area (Å²) in [7, 11) is 0.582. The summed E-state index contributed by atoms with van der Waals surface area (Å²) in [6.45, 7) is 1.71. The van der Waals surface area contributed by atoms with Crippen molar-refractivity contribution in [2.24, 2.45) is 0 Å². The zero-order chi connectivity index (χ0) is 8.20. The molecule has 0 aliphatic heterocycles. The van der Waals surface area contributed by atoms with Crippen molar-refractivity contribution < 1.29 is 18.8 Å². The average molecular weight is 164 g/mol. The Balaban J connectivity index is 3.92. The van der Waals surface area contributed by atoms with Crippen LogP contribution in [0.4, 0.5) is 0 Å². The number of hydrogen-bond donors (Lipinski definition) is 1. The van der Waals surface area contributed by atoms with Crippen LogP contribution in [0.15, 0.2) is 0 Å². The SMILES string of the molecule is CO[Si](C)(CC(=O)O)OC. The van der Waals surface area contributed by atoms with E-state index in [9.17, 15) is 4.79 Å². The Bertz CT molecular complexity index is 121. The minimum Gasteiger partial charge on any atom is -0.481 e. The van der Waals surface area contributed by atoms with Crippen LogP contribution in [0.25, 0.3) is 0 Å². The maximum Gasteiger partial charge on any atom is 0.345 e. The lowest BCUT2D eigenvalue weighted by Crippen LogP contribution is -2.38. The molecule has 0 amide bonds. The van der Waals surface area contributed by atoms with Crippen LogP contribution >= 0.6 is 0 Å². The molecule has 0 bridgehead atoms. The monoisotopic (exact) mass is 164 g/mol. The number of carbonyl (C=O) groups is 1. The van der Waals surface area contributed by atoms with Gasteiger partial charge in [-0.1, -0.05) is 0 Å². The van der Waals surface area contributed by atoms with Gasteiger partial charge in [0.1, 0.15) is 0 Å². The Kier molecular flexibility index (Phi) is 3.55. The minimum atomic E-state index is -2.36. The largest absolute Gasteiger partial charge is 0.481 e. The molecule has 5 heteroatoms. The zero-order valence-electron chi connectivity index (χ0n) is 6.38. The number of rotatable bonds is 4. The van der Waals surface area contributed by atoms with Gasteiger partial charge >= 0.3 is 14.5 Å². The number of carboxylic acids is 1. The van der Waals surface area contributed by atoms with Crippen molar-refractivity contribution in [3.8, 4) is 0 Å². The van der Waals surface area contributed by atoms with E-state index in [-0.39, 0.29) is 6.04 Å². The molecule has 0 heterocycles. The zero-order valence-corrected chi connectivity index (χ0v) is 7.38. The molecule has 4 nitrogen and oxygen atoms in total. The quantitative estimate of drug-likeness (QED) is 0.612. The lowest BCUT2D eigenvalue weighted by Gasteiger charge is -2.19. The first-order valence-corrected chi connectivity index (χ1v) is 5.38. The van der Waals surface area contributed by atoms with Gasteiger partial charge in [-0.2, -0.15) is 0 Å². The third kappa shape index (κ3) is 2.95. The fraction of sp³-hybridized carbons (Fsp3) is 0.800. The fourth-order valence-electron chi connectivity index (χ4n) is 0.502. The highest BCUT2D eigenvalue weighted by Crippen LogP contribution is 2.09. The van der Waals surface area contributed by atoms with Crippen molar-refractivity contribution in [3.63, 3.8) is 0 Å². The van der Waals surface area contributed by atoms with Crippen LogP contribution in [0.2, 0.25) is 12.6 Å². The Hall–Kier alpha value is -0.393. The summed E-state index contributed by atoms with van der Waals surface area (Å²) >= 11 is 0. The molecule has 0 radical (unpaired) electrons. The first-order valence-electron chi connectivity index (χ1n) is 2.86. The highest BCUT2D eigenvalue weighted by molar-refractivity contribution is 6.68. The van der Waals surface area contributed by atoms with Crippen LogP contribution in [0.3, 0.4) is 0 Å². The van der Waals surface area contributed by atoms with Crippen LogP contribution in [-0.2, 0) is 13.6 Å². The van der Waals surface area contributed by atoms with Crippen molar-refractivity contribution in [3.05, 3.63) is 0 Å². The standard InChI is InChI=1S/C5H12O4Si/c1-8-10(3,9-2)4-5(6)7/h4H2,1-3H3,(H,6,7). The second-order valence-corrected chi connectivity index (χ2v) is 5.55. The smallest absolute Gasteiger partial charge is 0.345 e. The van der Waals surface area contributed by atoms with Gasteiger partial charge in [0.2, 0.25) is 0 Å². The molecular formula is C5H12O4Si. The molecule has 0 atom stereocenters. The van der Waals surface area contributed by atoms with Crippen LogP contribution in [0.5, 0.6) is 0 Å². The summed E-state index contributed by atoms with van der Waals surface area (Å²) in [4.78, 5) is 10.2. The van der Waals surface area contributed by atoms with E-state index in [1.165, 1.54) is 14.2 Å². The number of hydrogen-bond acceptors (Lipinski definition) is 3. The molecule has 0 aromatic carbocycles. The Morgan fingerprint density at radius 2 is 1.90 bits per heavy atom. The van der Waals surface area contributed by atoms with Gasteiger partial charge in [0, 0.05) is 14.2 Å². The van der Waals surface area contributed by atoms with Crippen molar-refractivity contribution in [2.75, 3.05) is 14.2 Å². The maximum absolute atomic E-state index is 10.2. The molecule has 0 aliphatic rings. The molecule has 1 N–H and O–H groups in total. The summed E-state index contributed by atoms with van der Waals surface area (Å²) < 4.78 is 9.87. The van der Waals surface area contributed by atoms with E-state index in [2.05, 4.69) is 0 Å². The second-order valence-electron chi connectivity index (χ2n) is 2.11. The van der Waals surface area contributed by atoms with E-state index in [1.807, 2.05) is 0 Å². The molecule has 0 aromatic rings. The summed E-state index contributed by atoms with van der Waals surface area (Å²) in [6.07, 6.45) is 0. The molecule has 0 aromatic heterocycles. The van der Waals surface area contributed by atoms with Gasteiger partial charge in [0.15, 0.2) is 0 Å². The minimum absolute atomic E-state index is 0.0139. The van der Waals surface area contributed by atoms with Gasteiger partial charge in [-0.15, -0.1) is 0 Å². The maximum atomic E-state index is 10.2. The van der Waals surface area contributed by atoms with Crippen molar-refractivity contribution in [2.45, 2.75) is 12.6 Å². The van der Waals surface area contributed by atoms with Gasteiger partial charge in [-0.25, -0.2) is 0 Å². The first kappa shape index (κ1) is 9.61. The molecule has 0 rings (SSSR count). The highest BCUT2D eigenvalue weighted by Gasteiger charge is 2.31. The normalized spacial score (nSPS) is 11.5. The predicted molar refractivity (Wildman–Crippen MR) is 38.1 cm³/mol. The van der Waals surface area contributed by atoms with Crippen LogP contribution < -0.4 is 0 Å². The third-order valence-electron chi connectivity index (χ3n) is 1.34. The van der Waals surface area contributed by atoms with E-state index >= 15 is 0 Å². The van der Waals surface area contributed by atoms with Crippen LogP contribution in [0.1, 0.15) is 0 Å². The Morgan fingerprint density at radius 1 is 1.50 bits per heavy atom. The van der Waals surface area contributed by atoms with E-state index in [1.54, 1.807) is 6.55 Å². The van der Waals surface area contributed by atoms with Crippen molar-refractivity contribution in [1.29, 1.82) is 0 Å². The molecule has 60 valence electrons. The molecule has 0 saturated carbocycles. The van der Waals surface area contributed by atoms with E-state index < -0.39 is 14.5 Å². The van der Waals surface area contributed by atoms with Gasteiger partial charge in [-0.05, 0) is 6.55 Å². The topological polar surface area (TPSA) is 55.8 Å². The van der Waals surface area contributed by atoms with Crippen LogP contribution in [0, 0.1) is 0 Å². The van der Waals surface area contributed by atoms with E-state index in [4.69, 9.17) is 14.0 Å². The van der Waals surface area contributed by atoms with Crippen molar-refractivity contribution >= 4 is 14.5 Å². The predicted octanol–water partition coefficient (Wildman–Crippen LogP) is 0.436. The van der Waals surface area contributed by atoms with Gasteiger partial charge in [0.05, 0.1) is 6.04 Å². The summed E-state index contributed by atoms with van der Waals surface area (Å²) in [6, 6.07) is -0.0139. The second kappa shape index (κ2) is 3.70. The van der Waals surface area contributed by atoms with Gasteiger partial charge < -0.3 is 14.0 Å². The van der Waals surface area contributed by atoms with Gasteiger partial charge in [-0.3, -0.25) is 4.79 Å². The summed E-state index contributed by atoms with van der Waals surface area (Å²) in [5, 5.41) is 8.39. The lowest BCUT2D eigenvalue weighted by atomic mass is 10.8. The summed E-state index contributed by atoms with van der Waals surface area (Å²) in [5.41, 5.74) is 0. The van der Waals surface area contributed by atoms with Crippen molar-refractivity contribution in [1.82, 2.24) is 0 Å². The number of carboxylic acid groups (broad SMARTS) is 1. The number of aliphatic carboxylic acids is 1. The third-order valence-corrected chi connectivity index (χ3v) is 4.01. The molecule has 0 spiro atoms. The van der Waals surface area contributed by atoms with E-state index in [0.29, 0.717) is 0 Å². The first-order chi connectivity index (χ1) is 4.54. The molecule has 0 fully saturated rings. The molecule has 10 heavy (non-hydrogen) atoms. The Morgan fingerprint density at radius 3 is 2.00 bits per heavy atom. The molecule has 0 unspecified atom stereocenters. The van der Waals surface area contributed by atoms with Gasteiger partial charge in [0.25, 0.3) is 0 Å². The molecule has 0 saturated heterocycles. The molecule has 0 aliphatic carbocycles. The van der Waals surface area contributed by atoms with Crippen LogP contribution in [-0.4, -0.2) is 33.9 Å². The summed E-state index contributed by atoms with van der Waals surface area (Å²) in [5.74, 6) is -0.877. The molecular weight excluding hydrogens is 152 g/mol. The highest BCUT2D eigenvalue weighted by atomic mass is 28.4. The average Bonchev–Trinajstić information content (AvgIpc) is 1.87. The fourth-order valence-corrected chi connectivity index (χ4v) is 1.51. The van der Waals surface area contributed by atoms with E-state index in [0.717, 1.165) is 0 Å². The Labute approximate surface area is 61.0 Å². The lowest BCUT2D eigenvalue weighted by molar-refractivity contribution is -0.134.